The molecule has 9 nitrogen and oxygen atoms in total. The van der Waals surface area contributed by atoms with Gasteiger partial charge < -0.3 is 19.7 Å². The van der Waals surface area contributed by atoms with Crippen LogP contribution in [0.1, 0.15) is 32.3 Å². The van der Waals surface area contributed by atoms with Crippen LogP contribution in [0.5, 0.6) is 11.5 Å². The van der Waals surface area contributed by atoms with Gasteiger partial charge in [0, 0.05) is 24.7 Å². The van der Waals surface area contributed by atoms with Gasteiger partial charge in [0.05, 0.1) is 10.6 Å². The van der Waals surface area contributed by atoms with E-state index in [4.69, 9.17) is 9.47 Å². The number of unbranched alkanes of at least 4 members (excludes halogenated alkanes) is 1. The largest absolute Gasteiger partial charge is 0.486 e. The molecule has 0 saturated heterocycles. The first-order valence-corrected chi connectivity index (χ1v) is 15.0. The molecule has 3 aromatic carbocycles. The van der Waals surface area contributed by atoms with Gasteiger partial charge in [-0.15, -0.1) is 0 Å². The highest BCUT2D eigenvalue weighted by molar-refractivity contribution is 7.92. The van der Waals surface area contributed by atoms with Crippen LogP contribution in [0.25, 0.3) is 0 Å². The number of carbonyl (C=O) groups is 2. The number of ether oxygens (including phenoxy) is 2. The standard InChI is InChI=1S/C30H33F2N3O6S/c1-3-4-15-33-30(37)21(2)34(19-22-7-5-6-8-26(22)32)29(36)20-35(24-11-9-23(31)10-12-24)42(38,39)25-13-14-27-28(18-25)41-17-16-40-27/h5-14,18,21H,3-4,15-17,19-20H2,1-2H3,(H,33,37)/t21-/m1/s1. The predicted octanol–water partition coefficient (Wildman–Crippen LogP) is 4.26. The molecule has 0 aromatic heterocycles. The Morgan fingerprint density at radius 3 is 2.36 bits per heavy atom. The van der Waals surface area contributed by atoms with Crippen molar-refractivity contribution in [2.75, 3.05) is 30.6 Å². The van der Waals surface area contributed by atoms with E-state index in [-0.39, 0.29) is 35.0 Å². The van der Waals surface area contributed by atoms with E-state index in [0.29, 0.717) is 18.9 Å². The van der Waals surface area contributed by atoms with Gasteiger partial charge in [-0.3, -0.25) is 13.9 Å². The topological polar surface area (TPSA) is 105 Å². The Kier molecular flexibility index (Phi) is 10.00. The van der Waals surface area contributed by atoms with Crippen LogP contribution < -0.4 is 19.1 Å². The third-order valence-electron chi connectivity index (χ3n) is 6.79. The predicted molar refractivity (Wildman–Crippen MR) is 153 cm³/mol. The molecule has 224 valence electrons. The molecule has 0 bridgehead atoms. The minimum atomic E-state index is -4.42. The molecule has 0 spiro atoms. The van der Waals surface area contributed by atoms with Gasteiger partial charge in [0.25, 0.3) is 10.0 Å². The lowest BCUT2D eigenvalue weighted by molar-refractivity contribution is -0.139. The zero-order valence-corrected chi connectivity index (χ0v) is 24.2. The Morgan fingerprint density at radius 2 is 1.67 bits per heavy atom. The number of hydrogen-bond donors (Lipinski definition) is 1. The van der Waals surface area contributed by atoms with E-state index in [0.717, 1.165) is 34.2 Å². The Balaban J connectivity index is 1.70. The lowest BCUT2D eigenvalue weighted by Crippen LogP contribution is -2.51. The molecule has 3 aromatic rings. The van der Waals surface area contributed by atoms with Crippen molar-refractivity contribution in [1.29, 1.82) is 0 Å². The van der Waals surface area contributed by atoms with E-state index in [1.165, 1.54) is 55.5 Å². The highest BCUT2D eigenvalue weighted by atomic mass is 32.2. The van der Waals surface area contributed by atoms with E-state index >= 15 is 0 Å². The molecule has 0 radical (unpaired) electrons. The number of amides is 2. The van der Waals surface area contributed by atoms with Crippen molar-refractivity contribution >= 4 is 27.5 Å². The molecule has 12 heteroatoms. The fourth-order valence-electron chi connectivity index (χ4n) is 4.38. The molecule has 0 fully saturated rings. The molecule has 0 saturated carbocycles. The second-order valence-electron chi connectivity index (χ2n) is 9.73. The maximum atomic E-state index is 14.6. The Bertz CT molecular complexity index is 1520. The second kappa shape index (κ2) is 13.6. The summed E-state index contributed by atoms with van der Waals surface area (Å²) in [5.74, 6) is -1.79. The molecular formula is C30H33F2N3O6S. The molecule has 1 N–H and O–H groups in total. The van der Waals surface area contributed by atoms with Crippen molar-refractivity contribution in [3.63, 3.8) is 0 Å². The number of carbonyl (C=O) groups excluding carboxylic acids is 2. The summed E-state index contributed by atoms with van der Waals surface area (Å²) in [6.45, 7) is 3.38. The second-order valence-corrected chi connectivity index (χ2v) is 11.6. The third kappa shape index (κ3) is 7.17. The molecule has 1 heterocycles. The fourth-order valence-corrected chi connectivity index (χ4v) is 5.81. The van der Waals surface area contributed by atoms with Crippen molar-refractivity contribution in [1.82, 2.24) is 10.2 Å². The molecule has 1 aliphatic heterocycles. The number of sulfonamides is 1. The van der Waals surface area contributed by atoms with Crippen LogP contribution in [-0.2, 0) is 26.2 Å². The maximum Gasteiger partial charge on any atom is 0.264 e. The number of anilines is 1. The minimum Gasteiger partial charge on any atom is -0.486 e. The zero-order chi connectivity index (χ0) is 30.3. The molecule has 42 heavy (non-hydrogen) atoms. The zero-order valence-electron chi connectivity index (χ0n) is 23.4. The average molecular weight is 602 g/mol. The lowest BCUT2D eigenvalue weighted by atomic mass is 10.1. The number of nitrogens with zero attached hydrogens (tertiary/aromatic N) is 2. The van der Waals surface area contributed by atoms with Gasteiger partial charge in [-0.1, -0.05) is 31.5 Å². The molecular weight excluding hydrogens is 568 g/mol. The van der Waals surface area contributed by atoms with Crippen molar-refractivity contribution in [3.05, 3.63) is 83.9 Å². The molecule has 0 aliphatic carbocycles. The normalized spacial score (nSPS) is 13.2. The summed E-state index contributed by atoms with van der Waals surface area (Å²) in [5, 5.41) is 2.77. The Hall–Kier alpha value is -4.19. The number of hydrogen-bond acceptors (Lipinski definition) is 6. The van der Waals surface area contributed by atoms with E-state index in [2.05, 4.69) is 5.32 Å². The summed E-state index contributed by atoms with van der Waals surface area (Å²) in [6, 6.07) is 13.5. The third-order valence-corrected chi connectivity index (χ3v) is 8.56. The van der Waals surface area contributed by atoms with Gasteiger partial charge in [0.2, 0.25) is 11.8 Å². The van der Waals surface area contributed by atoms with Crippen molar-refractivity contribution in [2.24, 2.45) is 0 Å². The number of nitrogens with one attached hydrogen (secondary N) is 1. The molecule has 2 amide bonds. The first-order chi connectivity index (χ1) is 20.1. The van der Waals surface area contributed by atoms with E-state index in [9.17, 15) is 26.8 Å². The smallest absolute Gasteiger partial charge is 0.264 e. The Morgan fingerprint density at radius 1 is 0.976 bits per heavy atom. The van der Waals surface area contributed by atoms with Gasteiger partial charge in [-0.25, -0.2) is 17.2 Å². The van der Waals surface area contributed by atoms with E-state index in [1.807, 2.05) is 6.92 Å². The minimum absolute atomic E-state index is 0.0190. The Labute approximate surface area is 244 Å². The summed E-state index contributed by atoms with van der Waals surface area (Å²) in [7, 11) is -4.42. The van der Waals surface area contributed by atoms with Crippen molar-refractivity contribution < 1.29 is 36.3 Å². The number of rotatable bonds is 12. The molecule has 4 rings (SSSR count). The molecule has 0 unspecified atom stereocenters. The highest BCUT2D eigenvalue weighted by Gasteiger charge is 2.33. The fraction of sp³-hybridized carbons (Fsp3) is 0.333. The number of benzene rings is 3. The van der Waals surface area contributed by atoms with E-state index < -0.39 is 46.1 Å². The van der Waals surface area contributed by atoms with Gasteiger partial charge in [-0.2, -0.15) is 0 Å². The monoisotopic (exact) mass is 601 g/mol. The summed E-state index contributed by atoms with van der Waals surface area (Å²) >= 11 is 0. The molecule has 1 aliphatic rings. The van der Waals surface area contributed by atoms with Gasteiger partial charge in [0.1, 0.15) is 37.4 Å². The van der Waals surface area contributed by atoms with Gasteiger partial charge >= 0.3 is 0 Å². The first kappa shape index (κ1) is 30.8. The highest BCUT2D eigenvalue weighted by Crippen LogP contribution is 2.34. The summed E-state index contributed by atoms with van der Waals surface area (Å²) in [4.78, 5) is 27.8. The maximum absolute atomic E-state index is 14.6. The summed E-state index contributed by atoms with van der Waals surface area (Å²) in [5.41, 5.74) is 0.174. The van der Waals surface area contributed by atoms with Gasteiger partial charge in [-0.05, 0) is 55.8 Å². The van der Waals surface area contributed by atoms with Crippen LogP contribution in [0.15, 0.2) is 71.6 Å². The SMILES string of the molecule is CCCCNC(=O)[C@@H](C)N(Cc1ccccc1F)C(=O)CN(c1ccc(F)cc1)S(=O)(=O)c1ccc2c(c1)OCCO2. The van der Waals surface area contributed by atoms with Crippen LogP contribution in [0.3, 0.4) is 0 Å². The first-order valence-electron chi connectivity index (χ1n) is 13.6. The number of halogens is 2. The van der Waals surface area contributed by atoms with Crippen LogP contribution >= 0.6 is 0 Å². The number of fused-ring (bicyclic) bond motifs is 1. The van der Waals surface area contributed by atoms with Crippen LogP contribution in [-0.4, -0.2) is 57.5 Å². The van der Waals surface area contributed by atoms with Crippen molar-refractivity contribution in [2.45, 2.75) is 44.2 Å². The summed E-state index contributed by atoms with van der Waals surface area (Å²) in [6.07, 6.45) is 1.57. The van der Waals surface area contributed by atoms with Crippen LogP contribution in [0.4, 0.5) is 14.5 Å². The quantitative estimate of drug-likeness (QED) is 0.311. The van der Waals surface area contributed by atoms with Crippen LogP contribution in [0.2, 0.25) is 0 Å². The van der Waals surface area contributed by atoms with E-state index in [1.54, 1.807) is 6.07 Å². The lowest BCUT2D eigenvalue weighted by Gasteiger charge is -2.32. The van der Waals surface area contributed by atoms with Gasteiger partial charge in [0.15, 0.2) is 11.5 Å². The molecule has 1 atom stereocenters. The average Bonchev–Trinajstić information content (AvgIpc) is 2.99. The summed E-state index contributed by atoms with van der Waals surface area (Å²) < 4.78 is 68.3. The van der Waals surface area contributed by atoms with Crippen LogP contribution in [0, 0.1) is 11.6 Å². The van der Waals surface area contributed by atoms with Crippen molar-refractivity contribution in [3.8, 4) is 11.5 Å².